The lowest BCUT2D eigenvalue weighted by Gasteiger charge is -2.49. The molecule has 3 heterocycles. The Bertz CT molecular complexity index is 803. The van der Waals surface area contributed by atoms with Crippen molar-refractivity contribution in [3.8, 4) is 0 Å². The van der Waals surface area contributed by atoms with E-state index >= 15 is 0 Å². The highest BCUT2D eigenvalue weighted by Crippen LogP contribution is 2.33. The normalized spacial score (nSPS) is 23.4. The molecule has 3 rings (SSSR count). The fourth-order valence-corrected chi connectivity index (χ4v) is 7.01. The number of nitrogens with zero attached hydrogens (tertiary/aromatic N) is 4. The molecule has 4 N–H and O–H groups in total. The third kappa shape index (κ3) is 8.80. The van der Waals surface area contributed by atoms with Gasteiger partial charge in [0.25, 0.3) is 0 Å². The molecule has 206 valence electrons. The van der Waals surface area contributed by atoms with E-state index in [9.17, 15) is 0 Å². The maximum atomic E-state index is 4.72. The van der Waals surface area contributed by atoms with E-state index in [0.29, 0.717) is 18.0 Å². The molecule has 0 amide bonds. The molecule has 0 aliphatic carbocycles. The number of rotatable bonds is 11. The summed E-state index contributed by atoms with van der Waals surface area (Å²) in [4.78, 5) is 16.0. The zero-order chi connectivity index (χ0) is 26.6. The van der Waals surface area contributed by atoms with Crippen LogP contribution >= 0.6 is 0 Å². The maximum Gasteiger partial charge on any atom is 0.230 e. The van der Waals surface area contributed by atoms with Gasteiger partial charge in [0, 0.05) is 47.8 Å². The van der Waals surface area contributed by atoms with Gasteiger partial charge < -0.3 is 26.2 Å². The summed E-state index contributed by atoms with van der Waals surface area (Å²) in [5, 5.41) is 14.5. The molecule has 0 unspecified atom stereocenters. The van der Waals surface area contributed by atoms with Crippen molar-refractivity contribution >= 4 is 11.9 Å². The number of hydrogen-bond acceptors (Lipinski definition) is 8. The van der Waals surface area contributed by atoms with Gasteiger partial charge in [0.05, 0.1) is 0 Å². The number of piperidine rings is 2. The Morgan fingerprint density at radius 2 is 1.36 bits per heavy atom. The van der Waals surface area contributed by atoms with Gasteiger partial charge in [0.1, 0.15) is 6.33 Å². The van der Waals surface area contributed by atoms with Crippen LogP contribution in [0.3, 0.4) is 0 Å². The van der Waals surface area contributed by atoms with Gasteiger partial charge in [-0.05, 0) is 100 Å². The summed E-state index contributed by atoms with van der Waals surface area (Å²) in [7, 11) is 1.86. The van der Waals surface area contributed by atoms with E-state index in [4.69, 9.17) is 4.98 Å². The van der Waals surface area contributed by atoms with Crippen LogP contribution in [0.25, 0.3) is 0 Å². The fourth-order valence-electron chi connectivity index (χ4n) is 7.01. The zero-order valence-corrected chi connectivity index (χ0v) is 24.6. The highest BCUT2D eigenvalue weighted by atomic mass is 15.3. The van der Waals surface area contributed by atoms with E-state index < -0.39 is 0 Å². The molecule has 2 aliphatic rings. The fraction of sp³-hybridized carbons (Fsp3) is 0.893. The lowest BCUT2D eigenvalue weighted by molar-refractivity contribution is 0.146. The quantitative estimate of drug-likeness (QED) is 0.329. The molecule has 0 spiro atoms. The molecular weight excluding hydrogens is 448 g/mol. The average Bonchev–Trinajstić information content (AvgIpc) is 2.71. The minimum atomic E-state index is 0.0764. The standard InChI is InChI=1S/C28H54N8/c1-25(2)16-21(17-26(3,4)34-25)30-14-12-10-11-13-15-36(24-32-20-31-23(29-9)33-24)22-18-27(5,6)35-28(7,8)19-22/h20-22,30,34-35H,10-19H2,1-9H3,(H,29,31,32,33). The van der Waals surface area contributed by atoms with E-state index in [-0.39, 0.29) is 22.2 Å². The zero-order valence-electron chi connectivity index (χ0n) is 24.6. The van der Waals surface area contributed by atoms with Crippen molar-refractivity contribution in [2.75, 3.05) is 30.4 Å². The number of anilines is 2. The van der Waals surface area contributed by atoms with Gasteiger partial charge >= 0.3 is 0 Å². The number of unbranched alkanes of at least 4 members (excludes halogenated alkanes) is 3. The van der Waals surface area contributed by atoms with Gasteiger partial charge in [-0.3, -0.25) is 0 Å². The van der Waals surface area contributed by atoms with Crippen molar-refractivity contribution in [1.29, 1.82) is 0 Å². The van der Waals surface area contributed by atoms with Crippen molar-refractivity contribution in [3.63, 3.8) is 0 Å². The summed E-state index contributed by atoms with van der Waals surface area (Å²) < 4.78 is 0. The van der Waals surface area contributed by atoms with Crippen LogP contribution in [0.5, 0.6) is 0 Å². The van der Waals surface area contributed by atoms with Crippen molar-refractivity contribution in [1.82, 2.24) is 30.9 Å². The molecule has 2 saturated heterocycles. The van der Waals surface area contributed by atoms with E-state index in [1.807, 2.05) is 7.05 Å². The number of nitrogens with one attached hydrogen (secondary N) is 4. The van der Waals surface area contributed by atoms with Crippen LogP contribution in [0.1, 0.15) is 107 Å². The Morgan fingerprint density at radius 3 is 1.94 bits per heavy atom. The molecule has 8 nitrogen and oxygen atoms in total. The largest absolute Gasteiger partial charge is 0.357 e. The van der Waals surface area contributed by atoms with Gasteiger partial charge in [0.15, 0.2) is 0 Å². The molecule has 1 aromatic rings. The van der Waals surface area contributed by atoms with Crippen LogP contribution in [-0.4, -0.2) is 69.3 Å². The van der Waals surface area contributed by atoms with Crippen LogP contribution < -0.4 is 26.2 Å². The third-order valence-electron chi connectivity index (χ3n) is 7.60. The predicted molar refractivity (Wildman–Crippen MR) is 152 cm³/mol. The summed E-state index contributed by atoms with van der Waals surface area (Å²) in [6.07, 6.45) is 11.0. The van der Waals surface area contributed by atoms with E-state index in [1.54, 1.807) is 6.33 Å². The van der Waals surface area contributed by atoms with Gasteiger partial charge in [-0.15, -0.1) is 0 Å². The Hall–Kier alpha value is -1.51. The first-order valence-electron chi connectivity index (χ1n) is 14.1. The molecule has 2 aliphatic heterocycles. The van der Waals surface area contributed by atoms with Crippen molar-refractivity contribution in [2.24, 2.45) is 0 Å². The molecular formula is C28H54N8. The molecule has 0 radical (unpaired) electrons. The number of hydrogen-bond donors (Lipinski definition) is 4. The Kier molecular flexibility index (Phi) is 9.27. The molecule has 36 heavy (non-hydrogen) atoms. The second-order valence-electron chi connectivity index (χ2n) is 13.9. The van der Waals surface area contributed by atoms with Gasteiger partial charge in [-0.25, -0.2) is 9.97 Å². The topological polar surface area (TPSA) is 90.0 Å². The summed E-state index contributed by atoms with van der Waals surface area (Å²) >= 11 is 0. The average molecular weight is 503 g/mol. The Balaban J connectivity index is 1.51. The molecule has 8 heteroatoms. The summed E-state index contributed by atoms with van der Waals surface area (Å²) in [5.41, 5.74) is 0.547. The molecule has 2 fully saturated rings. The molecule has 0 atom stereocenters. The van der Waals surface area contributed by atoms with E-state index in [2.05, 4.69) is 91.5 Å². The lowest BCUT2D eigenvalue weighted by atomic mass is 9.79. The lowest BCUT2D eigenvalue weighted by Crippen LogP contribution is -2.62. The van der Waals surface area contributed by atoms with Crippen LogP contribution in [0, 0.1) is 0 Å². The number of aromatic nitrogens is 3. The van der Waals surface area contributed by atoms with Gasteiger partial charge in [-0.1, -0.05) is 12.8 Å². The third-order valence-corrected chi connectivity index (χ3v) is 7.60. The Morgan fingerprint density at radius 1 is 0.806 bits per heavy atom. The second-order valence-corrected chi connectivity index (χ2v) is 13.9. The second kappa shape index (κ2) is 11.5. The van der Waals surface area contributed by atoms with Crippen molar-refractivity contribution in [2.45, 2.75) is 141 Å². The summed E-state index contributed by atoms with van der Waals surface area (Å²) in [6.45, 7) is 20.6. The minimum Gasteiger partial charge on any atom is -0.357 e. The first-order valence-corrected chi connectivity index (χ1v) is 14.1. The van der Waals surface area contributed by atoms with E-state index in [0.717, 1.165) is 38.3 Å². The minimum absolute atomic E-state index is 0.0764. The highest BCUT2D eigenvalue weighted by Gasteiger charge is 2.41. The van der Waals surface area contributed by atoms with Crippen molar-refractivity contribution < 1.29 is 0 Å². The monoisotopic (exact) mass is 502 g/mol. The van der Waals surface area contributed by atoms with Gasteiger partial charge in [0.2, 0.25) is 11.9 Å². The van der Waals surface area contributed by atoms with Gasteiger partial charge in [-0.2, -0.15) is 4.98 Å². The molecule has 1 aromatic heterocycles. The van der Waals surface area contributed by atoms with Crippen LogP contribution in [0.4, 0.5) is 11.9 Å². The van der Waals surface area contributed by atoms with Crippen LogP contribution in [-0.2, 0) is 0 Å². The van der Waals surface area contributed by atoms with E-state index in [1.165, 1.54) is 32.1 Å². The highest BCUT2D eigenvalue weighted by molar-refractivity contribution is 5.37. The van der Waals surface area contributed by atoms with Crippen molar-refractivity contribution in [3.05, 3.63) is 6.33 Å². The summed E-state index contributed by atoms with van der Waals surface area (Å²) in [6, 6.07) is 1.00. The maximum absolute atomic E-state index is 4.72. The SMILES string of the molecule is CNc1ncnc(N(CCCCCCNC2CC(C)(C)NC(C)(C)C2)C2CC(C)(C)NC(C)(C)C2)n1. The van der Waals surface area contributed by atoms with Crippen LogP contribution in [0.2, 0.25) is 0 Å². The molecule has 0 saturated carbocycles. The first kappa shape index (κ1) is 29.1. The first-order chi connectivity index (χ1) is 16.7. The molecule has 0 bridgehead atoms. The predicted octanol–water partition coefficient (Wildman–Crippen LogP) is 4.49. The Labute approximate surface area is 220 Å². The van der Waals surface area contributed by atoms with Crippen LogP contribution in [0.15, 0.2) is 6.33 Å². The smallest absolute Gasteiger partial charge is 0.230 e. The molecule has 0 aromatic carbocycles. The summed E-state index contributed by atoms with van der Waals surface area (Å²) in [5.74, 6) is 1.43.